The molecule has 0 bridgehead atoms. The summed E-state index contributed by atoms with van der Waals surface area (Å²) < 4.78 is 0. The number of nitrogens with zero attached hydrogens (tertiary/aromatic N) is 3. The number of aromatic nitrogens is 1. The average molecular weight is 174 g/mol. The van der Waals surface area contributed by atoms with Gasteiger partial charge in [-0.25, -0.2) is 4.98 Å². The molecule has 0 atom stereocenters. The van der Waals surface area contributed by atoms with Crippen LogP contribution >= 0.6 is 0 Å². The topological polar surface area (TPSA) is 65.9 Å². The lowest BCUT2D eigenvalue weighted by Crippen LogP contribution is -2.55. The second kappa shape index (κ2) is 3.04. The van der Waals surface area contributed by atoms with Crippen molar-refractivity contribution in [1.29, 1.82) is 5.26 Å². The zero-order valence-corrected chi connectivity index (χ0v) is 7.14. The highest BCUT2D eigenvalue weighted by atomic mass is 15.2. The highest BCUT2D eigenvalue weighted by Gasteiger charge is 2.22. The Labute approximate surface area is 76.6 Å². The fourth-order valence-corrected chi connectivity index (χ4v) is 1.36. The van der Waals surface area contributed by atoms with Gasteiger partial charge < -0.3 is 10.6 Å². The maximum Gasteiger partial charge on any atom is 0.140 e. The summed E-state index contributed by atoms with van der Waals surface area (Å²) in [5.74, 6) is 0. The number of nitrogens with two attached hydrogens (primary N) is 1. The molecule has 0 spiro atoms. The molecule has 66 valence electrons. The molecule has 1 fully saturated rings. The van der Waals surface area contributed by atoms with Crippen LogP contribution in [0.3, 0.4) is 0 Å². The molecule has 1 aliphatic rings. The van der Waals surface area contributed by atoms with Gasteiger partial charge in [-0.1, -0.05) is 0 Å². The normalized spacial score (nSPS) is 16.5. The lowest BCUT2D eigenvalue weighted by atomic mass is 10.1. The molecular formula is C9H10N4. The lowest BCUT2D eigenvalue weighted by molar-refractivity contribution is 0.519. The van der Waals surface area contributed by atoms with Gasteiger partial charge >= 0.3 is 0 Å². The number of hydrogen-bond donors (Lipinski definition) is 1. The monoisotopic (exact) mass is 174 g/mol. The zero-order valence-electron chi connectivity index (χ0n) is 7.14. The van der Waals surface area contributed by atoms with Crippen LogP contribution in [-0.2, 0) is 0 Å². The van der Waals surface area contributed by atoms with Gasteiger partial charge in [0, 0.05) is 19.1 Å². The minimum Gasteiger partial charge on any atom is -0.367 e. The first-order valence-electron chi connectivity index (χ1n) is 4.16. The van der Waals surface area contributed by atoms with Crippen molar-refractivity contribution in [3.8, 4) is 6.07 Å². The Morgan fingerprint density at radius 3 is 2.77 bits per heavy atom. The Bertz CT molecular complexity index is 332. The van der Waals surface area contributed by atoms with Crippen molar-refractivity contribution in [2.24, 2.45) is 5.73 Å². The summed E-state index contributed by atoms with van der Waals surface area (Å²) in [6, 6.07) is 5.89. The zero-order chi connectivity index (χ0) is 9.26. The van der Waals surface area contributed by atoms with E-state index in [-0.39, 0.29) is 6.04 Å². The first-order chi connectivity index (χ1) is 6.29. The van der Waals surface area contributed by atoms with Crippen molar-refractivity contribution >= 4 is 5.69 Å². The van der Waals surface area contributed by atoms with Gasteiger partial charge in [-0.15, -0.1) is 0 Å². The first-order valence-corrected chi connectivity index (χ1v) is 4.16. The summed E-state index contributed by atoms with van der Waals surface area (Å²) >= 11 is 0. The van der Waals surface area contributed by atoms with Gasteiger partial charge in [0.1, 0.15) is 11.8 Å². The SMILES string of the molecule is N#Cc1ccc(N2CC(N)C2)cn1. The van der Waals surface area contributed by atoms with Crippen LogP contribution in [0.2, 0.25) is 0 Å². The Morgan fingerprint density at radius 2 is 2.31 bits per heavy atom. The van der Waals surface area contributed by atoms with Crippen molar-refractivity contribution in [3.63, 3.8) is 0 Å². The minimum absolute atomic E-state index is 0.288. The summed E-state index contributed by atoms with van der Waals surface area (Å²) in [6.07, 6.45) is 1.71. The smallest absolute Gasteiger partial charge is 0.140 e. The van der Waals surface area contributed by atoms with Crippen LogP contribution in [0, 0.1) is 11.3 Å². The van der Waals surface area contributed by atoms with Gasteiger partial charge in [0.2, 0.25) is 0 Å². The number of hydrogen-bond acceptors (Lipinski definition) is 4. The highest BCUT2D eigenvalue weighted by molar-refractivity contribution is 5.48. The number of pyridine rings is 1. The van der Waals surface area contributed by atoms with Crippen LogP contribution in [-0.4, -0.2) is 24.1 Å². The summed E-state index contributed by atoms with van der Waals surface area (Å²) in [7, 11) is 0. The van der Waals surface area contributed by atoms with Crippen LogP contribution in [0.25, 0.3) is 0 Å². The molecule has 1 aromatic rings. The number of rotatable bonds is 1. The predicted molar refractivity (Wildman–Crippen MR) is 49.1 cm³/mol. The van der Waals surface area contributed by atoms with Gasteiger partial charge in [0.15, 0.2) is 0 Å². The molecule has 2 rings (SSSR count). The molecule has 0 radical (unpaired) electrons. The van der Waals surface area contributed by atoms with E-state index in [9.17, 15) is 0 Å². The van der Waals surface area contributed by atoms with E-state index in [0.717, 1.165) is 18.8 Å². The van der Waals surface area contributed by atoms with E-state index in [1.807, 2.05) is 12.1 Å². The highest BCUT2D eigenvalue weighted by Crippen LogP contribution is 2.18. The Balaban J connectivity index is 2.11. The molecule has 1 aliphatic heterocycles. The van der Waals surface area contributed by atoms with Crippen LogP contribution in [0.15, 0.2) is 18.3 Å². The second-order valence-electron chi connectivity index (χ2n) is 3.18. The van der Waals surface area contributed by atoms with E-state index < -0.39 is 0 Å². The Hall–Kier alpha value is -1.60. The second-order valence-corrected chi connectivity index (χ2v) is 3.18. The average Bonchev–Trinajstić information content (AvgIpc) is 2.13. The van der Waals surface area contributed by atoms with Gasteiger partial charge in [-0.2, -0.15) is 5.26 Å². The van der Waals surface area contributed by atoms with Gasteiger partial charge in [0.05, 0.1) is 11.9 Å². The molecule has 4 heteroatoms. The van der Waals surface area contributed by atoms with Crippen LogP contribution < -0.4 is 10.6 Å². The number of nitriles is 1. The molecule has 2 heterocycles. The summed E-state index contributed by atoms with van der Waals surface area (Å²) in [6.45, 7) is 1.77. The van der Waals surface area contributed by atoms with Gasteiger partial charge in [-0.3, -0.25) is 0 Å². The minimum atomic E-state index is 0.288. The fraction of sp³-hybridized carbons (Fsp3) is 0.333. The molecule has 0 aromatic carbocycles. The molecule has 1 aromatic heterocycles. The third-order valence-electron chi connectivity index (χ3n) is 2.14. The van der Waals surface area contributed by atoms with Gasteiger partial charge in [0.25, 0.3) is 0 Å². The largest absolute Gasteiger partial charge is 0.367 e. The van der Waals surface area contributed by atoms with Crippen molar-refractivity contribution in [1.82, 2.24) is 4.98 Å². The predicted octanol–water partition coefficient (Wildman–Crippen LogP) is 0.101. The van der Waals surface area contributed by atoms with Crippen LogP contribution in [0.1, 0.15) is 5.69 Å². The van der Waals surface area contributed by atoms with E-state index in [0.29, 0.717) is 5.69 Å². The van der Waals surface area contributed by atoms with E-state index in [1.165, 1.54) is 0 Å². The van der Waals surface area contributed by atoms with Crippen molar-refractivity contribution < 1.29 is 0 Å². The lowest BCUT2D eigenvalue weighted by Gasteiger charge is -2.38. The van der Waals surface area contributed by atoms with E-state index in [2.05, 4.69) is 9.88 Å². The van der Waals surface area contributed by atoms with Crippen molar-refractivity contribution in [3.05, 3.63) is 24.0 Å². The van der Waals surface area contributed by atoms with Crippen LogP contribution in [0.4, 0.5) is 5.69 Å². The van der Waals surface area contributed by atoms with Crippen molar-refractivity contribution in [2.75, 3.05) is 18.0 Å². The van der Waals surface area contributed by atoms with Crippen molar-refractivity contribution in [2.45, 2.75) is 6.04 Å². The fourth-order valence-electron chi connectivity index (χ4n) is 1.36. The molecular weight excluding hydrogens is 164 g/mol. The van der Waals surface area contributed by atoms with E-state index in [4.69, 9.17) is 11.0 Å². The maximum atomic E-state index is 8.53. The summed E-state index contributed by atoms with van der Waals surface area (Å²) in [5, 5.41) is 8.53. The van der Waals surface area contributed by atoms with E-state index >= 15 is 0 Å². The molecule has 13 heavy (non-hydrogen) atoms. The third-order valence-corrected chi connectivity index (χ3v) is 2.14. The standard InChI is InChI=1S/C9H10N4/c10-3-8-1-2-9(4-12-8)13-5-7(11)6-13/h1-2,4,7H,5-6,11H2. The van der Waals surface area contributed by atoms with Gasteiger partial charge in [-0.05, 0) is 12.1 Å². The molecule has 0 aliphatic carbocycles. The molecule has 4 nitrogen and oxygen atoms in total. The molecule has 1 saturated heterocycles. The van der Waals surface area contributed by atoms with E-state index in [1.54, 1.807) is 12.3 Å². The first kappa shape index (κ1) is 8.02. The van der Waals surface area contributed by atoms with Crippen LogP contribution in [0.5, 0.6) is 0 Å². The number of anilines is 1. The summed E-state index contributed by atoms with van der Waals surface area (Å²) in [5.41, 5.74) is 7.14. The maximum absolute atomic E-state index is 8.53. The Morgan fingerprint density at radius 1 is 1.54 bits per heavy atom. The Kier molecular flexibility index (Phi) is 1.87. The molecule has 0 unspecified atom stereocenters. The molecule has 0 amide bonds. The quantitative estimate of drug-likeness (QED) is 0.655. The third kappa shape index (κ3) is 1.46. The summed E-state index contributed by atoms with van der Waals surface area (Å²) in [4.78, 5) is 6.12. The molecule has 0 saturated carbocycles. The molecule has 2 N–H and O–H groups in total.